The van der Waals surface area contributed by atoms with Crippen LogP contribution in [0.15, 0.2) is 16.8 Å². The molecular formula is C10H12S. The molecule has 0 aliphatic carbocycles. The molecular weight excluding hydrogens is 152 g/mol. The molecule has 0 aliphatic rings. The highest BCUT2D eigenvalue weighted by Gasteiger charge is 1.97. The van der Waals surface area contributed by atoms with E-state index in [2.05, 4.69) is 29.7 Å². The maximum absolute atomic E-state index is 5.26. The van der Waals surface area contributed by atoms with Crippen molar-refractivity contribution in [1.82, 2.24) is 0 Å². The summed E-state index contributed by atoms with van der Waals surface area (Å²) in [7, 11) is 0. The van der Waals surface area contributed by atoms with Crippen molar-refractivity contribution in [2.75, 3.05) is 0 Å². The van der Waals surface area contributed by atoms with Crippen LogP contribution in [0.4, 0.5) is 0 Å². The van der Waals surface area contributed by atoms with E-state index in [9.17, 15) is 0 Å². The molecule has 1 unspecified atom stereocenters. The first-order valence-electron chi connectivity index (χ1n) is 3.80. The van der Waals surface area contributed by atoms with Gasteiger partial charge in [-0.25, -0.2) is 0 Å². The molecule has 0 aromatic carbocycles. The first-order valence-corrected chi connectivity index (χ1v) is 4.74. The standard InChI is InChI=1S/C10H12S/c1-3-9(2)4-5-10-6-7-11-8-10/h1,6-9H,4-5H2,2H3. The van der Waals surface area contributed by atoms with E-state index in [-0.39, 0.29) is 0 Å². The molecule has 0 aliphatic heterocycles. The van der Waals surface area contributed by atoms with Gasteiger partial charge >= 0.3 is 0 Å². The second-order valence-corrected chi connectivity index (χ2v) is 3.52. The molecule has 0 saturated heterocycles. The SMILES string of the molecule is C#CC(C)CCc1ccsc1. The summed E-state index contributed by atoms with van der Waals surface area (Å²) < 4.78 is 0. The minimum Gasteiger partial charge on any atom is -0.152 e. The first kappa shape index (κ1) is 8.36. The largest absolute Gasteiger partial charge is 0.152 e. The van der Waals surface area contributed by atoms with Gasteiger partial charge in [-0.2, -0.15) is 11.3 Å². The topological polar surface area (TPSA) is 0 Å². The van der Waals surface area contributed by atoms with Gasteiger partial charge in [0.15, 0.2) is 0 Å². The summed E-state index contributed by atoms with van der Waals surface area (Å²) in [6, 6.07) is 2.16. The lowest BCUT2D eigenvalue weighted by Gasteiger charge is -2.00. The molecule has 0 amide bonds. The summed E-state index contributed by atoms with van der Waals surface area (Å²) in [6.07, 6.45) is 7.49. The van der Waals surface area contributed by atoms with Crippen LogP contribution in [0.5, 0.6) is 0 Å². The molecule has 1 rings (SSSR count). The van der Waals surface area contributed by atoms with Crippen LogP contribution in [0.2, 0.25) is 0 Å². The fraction of sp³-hybridized carbons (Fsp3) is 0.400. The number of hydrogen-bond acceptors (Lipinski definition) is 1. The fourth-order valence-corrected chi connectivity index (χ4v) is 1.60. The van der Waals surface area contributed by atoms with Crippen molar-refractivity contribution < 1.29 is 0 Å². The molecule has 1 heterocycles. The van der Waals surface area contributed by atoms with E-state index >= 15 is 0 Å². The van der Waals surface area contributed by atoms with Crippen LogP contribution >= 0.6 is 11.3 Å². The summed E-state index contributed by atoms with van der Waals surface area (Å²) in [5, 5.41) is 4.29. The Morgan fingerprint density at radius 1 is 1.73 bits per heavy atom. The fourth-order valence-electron chi connectivity index (χ4n) is 0.901. The molecule has 0 N–H and O–H groups in total. The summed E-state index contributed by atoms with van der Waals surface area (Å²) in [5.74, 6) is 3.14. The number of aryl methyl sites for hydroxylation is 1. The van der Waals surface area contributed by atoms with E-state index < -0.39 is 0 Å². The molecule has 1 heteroatoms. The van der Waals surface area contributed by atoms with Crippen molar-refractivity contribution in [1.29, 1.82) is 0 Å². The van der Waals surface area contributed by atoms with Crippen molar-refractivity contribution in [2.45, 2.75) is 19.8 Å². The summed E-state index contributed by atoms with van der Waals surface area (Å²) in [6.45, 7) is 2.09. The maximum atomic E-state index is 5.26. The predicted molar refractivity (Wildman–Crippen MR) is 50.6 cm³/mol. The molecule has 0 spiro atoms. The van der Waals surface area contributed by atoms with Crippen molar-refractivity contribution in [2.24, 2.45) is 5.92 Å². The lowest BCUT2D eigenvalue weighted by molar-refractivity contribution is 0.670. The van der Waals surface area contributed by atoms with Crippen molar-refractivity contribution in [3.8, 4) is 12.3 Å². The molecule has 11 heavy (non-hydrogen) atoms. The van der Waals surface area contributed by atoms with Gasteiger partial charge in [-0.05, 0) is 35.2 Å². The Kier molecular flexibility index (Phi) is 3.19. The van der Waals surface area contributed by atoms with Crippen LogP contribution in [-0.2, 0) is 6.42 Å². The number of rotatable bonds is 3. The Labute approximate surface area is 72.3 Å². The Hall–Kier alpha value is -0.740. The lowest BCUT2D eigenvalue weighted by Crippen LogP contribution is -1.92. The Morgan fingerprint density at radius 2 is 2.55 bits per heavy atom. The molecule has 0 saturated carbocycles. The minimum atomic E-state index is 0.412. The van der Waals surface area contributed by atoms with Gasteiger partial charge in [-0.3, -0.25) is 0 Å². The van der Waals surface area contributed by atoms with Gasteiger partial charge in [0.1, 0.15) is 0 Å². The van der Waals surface area contributed by atoms with Gasteiger partial charge in [0.05, 0.1) is 0 Å². The van der Waals surface area contributed by atoms with Crippen LogP contribution in [-0.4, -0.2) is 0 Å². The number of thiophene rings is 1. The summed E-state index contributed by atoms with van der Waals surface area (Å²) >= 11 is 1.75. The summed E-state index contributed by atoms with van der Waals surface area (Å²) in [4.78, 5) is 0. The predicted octanol–water partition coefficient (Wildman–Crippen LogP) is 2.95. The second-order valence-electron chi connectivity index (χ2n) is 2.74. The van der Waals surface area contributed by atoms with Crippen LogP contribution in [0.25, 0.3) is 0 Å². The molecule has 1 aromatic rings. The molecule has 1 aromatic heterocycles. The van der Waals surface area contributed by atoms with Crippen LogP contribution in [0.1, 0.15) is 18.9 Å². The van der Waals surface area contributed by atoms with E-state index in [1.807, 2.05) is 0 Å². The van der Waals surface area contributed by atoms with Crippen molar-refractivity contribution >= 4 is 11.3 Å². The highest BCUT2D eigenvalue weighted by Crippen LogP contribution is 2.11. The average Bonchev–Trinajstić information content (AvgIpc) is 2.52. The smallest absolute Gasteiger partial charge is 0.0175 e. The molecule has 58 valence electrons. The Balaban J connectivity index is 2.30. The zero-order valence-electron chi connectivity index (χ0n) is 6.71. The second kappa shape index (κ2) is 4.20. The van der Waals surface area contributed by atoms with E-state index in [1.54, 1.807) is 11.3 Å². The van der Waals surface area contributed by atoms with E-state index in [1.165, 1.54) is 5.56 Å². The zero-order valence-corrected chi connectivity index (χ0v) is 7.53. The third-order valence-corrected chi connectivity index (χ3v) is 2.46. The normalized spacial score (nSPS) is 12.4. The van der Waals surface area contributed by atoms with Gasteiger partial charge in [0, 0.05) is 5.92 Å². The molecule has 0 fully saturated rings. The third kappa shape index (κ3) is 2.78. The number of terminal acetylenes is 1. The minimum absolute atomic E-state index is 0.412. The lowest BCUT2D eigenvalue weighted by atomic mass is 10.0. The maximum Gasteiger partial charge on any atom is 0.0175 e. The van der Waals surface area contributed by atoms with Crippen molar-refractivity contribution in [3.05, 3.63) is 22.4 Å². The first-order chi connectivity index (χ1) is 5.33. The van der Waals surface area contributed by atoms with Crippen LogP contribution in [0, 0.1) is 18.3 Å². The van der Waals surface area contributed by atoms with Crippen LogP contribution in [0.3, 0.4) is 0 Å². The van der Waals surface area contributed by atoms with Crippen molar-refractivity contribution in [3.63, 3.8) is 0 Å². The van der Waals surface area contributed by atoms with E-state index in [0.29, 0.717) is 5.92 Å². The van der Waals surface area contributed by atoms with E-state index in [0.717, 1.165) is 12.8 Å². The van der Waals surface area contributed by atoms with Gasteiger partial charge < -0.3 is 0 Å². The van der Waals surface area contributed by atoms with Gasteiger partial charge in [0.2, 0.25) is 0 Å². The highest BCUT2D eigenvalue weighted by molar-refractivity contribution is 7.07. The monoisotopic (exact) mass is 164 g/mol. The molecule has 0 bridgehead atoms. The molecule has 1 atom stereocenters. The Morgan fingerprint density at radius 3 is 3.09 bits per heavy atom. The zero-order chi connectivity index (χ0) is 8.10. The third-order valence-electron chi connectivity index (χ3n) is 1.73. The number of hydrogen-bond donors (Lipinski definition) is 0. The highest BCUT2D eigenvalue weighted by atomic mass is 32.1. The van der Waals surface area contributed by atoms with Gasteiger partial charge in [0.25, 0.3) is 0 Å². The van der Waals surface area contributed by atoms with Gasteiger partial charge in [-0.15, -0.1) is 12.3 Å². The van der Waals surface area contributed by atoms with Gasteiger partial charge in [-0.1, -0.05) is 6.92 Å². The van der Waals surface area contributed by atoms with E-state index in [4.69, 9.17) is 6.42 Å². The quantitative estimate of drug-likeness (QED) is 0.602. The average molecular weight is 164 g/mol. The van der Waals surface area contributed by atoms with Crippen LogP contribution < -0.4 is 0 Å². The summed E-state index contributed by atoms with van der Waals surface area (Å²) in [5.41, 5.74) is 1.41. The molecule has 0 radical (unpaired) electrons. The molecule has 0 nitrogen and oxygen atoms in total. The Bertz CT molecular complexity index is 228.